The lowest BCUT2D eigenvalue weighted by atomic mass is 9.81. The van der Waals surface area contributed by atoms with E-state index in [9.17, 15) is 4.79 Å². The minimum atomic E-state index is -0.287. The lowest BCUT2D eigenvalue weighted by Gasteiger charge is -2.49. The number of nitrogens with zero attached hydrogens (tertiary/aromatic N) is 4. The second-order valence-corrected chi connectivity index (χ2v) is 6.15. The summed E-state index contributed by atoms with van der Waals surface area (Å²) in [5.74, 6) is 0.949. The maximum atomic E-state index is 12.4. The molecule has 1 amide bonds. The second-order valence-electron chi connectivity index (χ2n) is 6.15. The molecule has 2 aromatic heterocycles. The highest BCUT2D eigenvalue weighted by Crippen LogP contribution is 2.40. The van der Waals surface area contributed by atoms with Crippen LogP contribution in [0.1, 0.15) is 16.9 Å². The third kappa shape index (κ3) is 2.71. The summed E-state index contributed by atoms with van der Waals surface area (Å²) in [6.45, 7) is 2.44. The number of pyridine rings is 1. The van der Waals surface area contributed by atoms with Crippen LogP contribution in [0.25, 0.3) is 0 Å². The minimum Gasteiger partial charge on any atom is -0.492 e. The van der Waals surface area contributed by atoms with E-state index in [2.05, 4.69) is 15.0 Å². The van der Waals surface area contributed by atoms with Gasteiger partial charge in [0, 0.05) is 24.9 Å². The fraction of sp³-hybridized carbons (Fsp3) is 0.412. The quantitative estimate of drug-likeness (QED) is 0.840. The zero-order valence-electron chi connectivity index (χ0n) is 13.2. The Morgan fingerprint density at radius 3 is 3.00 bits per heavy atom. The SMILES string of the molecule is O=C(c1ccncn1)N1CC2(C1)OCC[C@@H]2COc1cccnc1. The van der Waals surface area contributed by atoms with E-state index in [1.165, 1.54) is 6.33 Å². The highest BCUT2D eigenvalue weighted by Gasteiger charge is 2.54. The van der Waals surface area contributed by atoms with Crippen molar-refractivity contribution in [1.29, 1.82) is 0 Å². The Balaban J connectivity index is 1.37. The first kappa shape index (κ1) is 15.0. The standard InChI is InChI=1S/C17H18N4O3/c22-16(15-3-6-19-12-20-15)21-10-17(11-21)13(4-7-24-17)9-23-14-2-1-5-18-8-14/h1-3,5-6,8,12-13H,4,7,9-11H2/t13-/m1/s1. The van der Waals surface area contributed by atoms with E-state index < -0.39 is 0 Å². The number of ether oxygens (including phenoxy) is 2. The van der Waals surface area contributed by atoms with E-state index in [1.54, 1.807) is 29.6 Å². The summed E-state index contributed by atoms with van der Waals surface area (Å²) in [4.78, 5) is 26.1. The van der Waals surface area contributed by atoms with Gasteiger partial charge in [0.25, 0.3) is 5.91 Å². The Labute approximate surface area is 139 Å². The molecule has 7 heteroatoms. The molecule has 0 aliphatic carbocycles. The van der Waals surface area contributed by atoms with Gasteiger partial charge in [-0.2, -0.15) is 0 Å². The van der Waals surface area contributed by atoms with Crippen LogP contribution in [-0.4, -0.2) is 57.7 Å². The summed E-state index contributed by atoms with van der Waals surface area (Å²) in [7, 11) is 0. The van der Waals surface area contributed by atoms with Gasteiger partial charge in [0.1, 0.15) is 23.4 Å². The number of carbonyl (C=O) groups excluding carboxylic acids is 1. The van der Waals surface area contributed by atoms with Crippen LogP contribution >= 0.6 is 0 Å². The summed E-state index contributed by atoms with van der Waals surface area (Å²) in [5.41, 5.74) is 0.131. The average molecular weight is 326 g/mol. The van der Waals surface area contributed by atoms with Gasteiger partial charge in [0.05, 0.1) is 25.9 Å². The molecular weight excluding hydrogens is 308 g/mol. The molecule has 0 bridgehead atoms. The molecule has 124 valence electrons. The Bertz CT molecular complexity index is 704. The predicted molar refractivity (Wildman–Crippen MR) is 84.5 cm³/mol. The summed E-state index contributed by atoms with van der Waals surface area (Å²) in [5, 5.41) is 0. The van der Waals surface area contributed by atoms with Gasteiger partial charge in [-0.05, 0) is 24.6 Å². The lowest BCUT2D eigenvalue weighted by molar-refractivity contribution is -0.122. The maximum absolute atomic E-state index is 12.4. The Hall–Kier alpha value is -2.54. The van der Waals surface area contributed by atoms with Gasteiger partial charge < -0.3 is 14.4 Å². The first-order valence-corrected chi connectivity index (χ1v) is 7.99. The van der Waals surface area contributed by atoms with Crippen molar-refractivity contribution in [3.05, 3.63) is 48.8 Å². The van der Waals surface area contributed by atoms with Crippen molar-refractivity contribution >= 4 is 5.91 Å². The fourth-order valence-corrected chi connectivity index (χ4v) is 3.32. The van der Waals surface area contributed by atoms with E-state index in [0.717, 1.165) is 12.2 Å². The van der Waals surface area contributed by atoms with Crippen molar-refractivity contribution in [3.8, 4) is 5.75 Å². The first-order chi connectivity index (χ1) is 11.8. The van der Waals surface area contributed by atoms with E-state index in [4.69, 9.17) is 9.47 Å². The number of hydrogen-bond donors (Lipinski definition) is 0. The molecule has 0 radical (unpaired) electrons. The van der Waals surface area contributed by atoms with Gasteiger partial charge in [0.15, 0.2) is 0 Å². The number of aromatic nitrogens is 3. The van der Waals surface area contributed by atoms with Crippen LogP contribution in [0.4, 0.5) is 0 Å². The average Bonchev–Trinajstić information content (AvgIpc) is 3.04. The van der Waals surface area contributed by atoms with Gasteiger partial charge >= 0.3 is 0 Å². The number of amides is 1. The fourth-order valence-electron chi connectivity index (χ4n) is 3.32. The van der Waals surface area contributed by atoms with Crippen molar-refractivity contribution in [3.63, 3.8) is 0 Å². The molecule has 0 unspecified atom stereocenters. The maximum Gasteiger partial charge on any atom is 0.272 e. The summed E-state index contributed by atoms with van der Waals surface area (Å²) in [6.07, 6.45) is 7.32. The minimum absolute atomic E-state index is 0.0783. The van der Waals surface area contributed by atoms with Crippen LogP contribution in [0.2, 0.25) is 0 Å². The van der Waals surface area contributed by atoms with Crippen molar-refractivity contribution in [2.75, 3.05) is 26.3 Å². The smallest absolute Gasteiger partial charge is 0.272 e. The highest BCUT2D eigenvalue weighted by molar-refractivity contribution is 5.92. The molecule has 4 heterocycles. The van der Waals surface area contributed by atoms with E-state index >= 15 is 0 Å². The van der Waals surface area contributed by atoms with Crippen molar-refractivity contribution < 1.29 is 14.3 Å². The largest absolute Gasteiger partial charge is 0.492 e. The van der Waals surface area contributed by atoms with Gasteiger partial charge in [-0.3, -0.25) is 9.78 Å². The van der Waals surface area contributed by atoms with Crippen LogP contribution < -0.4 is 4.74 Å². The summed E-state index contributed by atoms with van der Waals surface area (Å²) < 4.78 is 11.8. The monoisotopic (exact) mass is 326 g/mol. The van der Waals surface area contributed by atoms with Crippen molar-refractivity contribution in [1.82, 2.24) is 19.9 Å². The Morgan fingerprint density at radius 2 is 2.25 bits per heavy atom. The van der Waals surface area contributed by atoms with E-state index in [1.807, 2.05) is 12.1 Å². The van der Waals surface area contributed by atoms with Crippen LogP contribution in [0.3, 0.4) is 0 Å². The van der Waals surface area contributed by atoms with Crippen LogP contribution in [-0.2, 0) is 4.74 Å². The molecule has 2 fully saturated rings. The molecule has 2 aliphatic heterocycles. The van der Waals surface area contributed by atoms with Crippen LogP contribution in [0, 0.1) is 5.92 Å². The topological polar surface area (TPSA) is 77.4 Å². The van der Waals surface area contributed by atoms with Gasteiger partial charge in [0.2, 0.25) is 0 Å². The molecule has 1 spiro atoms. The lowest BCUT2D eigenvalue weighted by Crippen LogP contribution is -2.66. The molecule has 2 aromatic rings. The van der Waals surface area contributed by atoms with E-state index in [0.29, 0.717) is 32.0 Å². The zero-order chi connectivity index (χ0) is 16.4. The summed E-state index contributed by atoms with van der Waals surface area (Å²) in [6, 6.07) is 5.37. The molecule has 2 saturated heterocycles. The third-order valence-electron chi connectivity index (χ3n) is 4.69. The molecule has 0 N–H and O–H groups in total. The number of likely N-dealkylation sites (tertiary alicyclic amines) is 1. The molecule has 2 aliphatic rings. The number of hydrogen-bond acceptors (Lipinski definition) is 6. The van der Waals surface area contributed by atoms with E-state index in [-0.39, 0.29) is 17.4 Å². The number of rotatable bonds is 4. The second kappa shape index (κ2) is 6.16. The molecule has 4 rings (SSSR count). The van der Waals surface area contributed by atoms with Gasteiger partial charge in [-0.25, -0.2) is 9.97 Å². The normalized spacial score (nSPS) is 21.5. The van der Waals surface area contributed by atoms with Gasteiger partial charge in [-0.15, -0.1) is 0 Å². The zero-order valence-corrected chi connectivity index (χ0v) is 13.2. The van der Waals surface area contributed by atoms with Crippen LogP contribution in [0.5, 0.6) is 5.75 Å². The third-order valence-corrected chi connectivity index (χ3v) is 4.69. The van der Waals surface area contributed by atoms with Crippen molar-refractivity contribution in [2.45, 2.75) is 12.0 Å². The first-order valence-electron chi connectivity index (χ1n) is 7.99. The molecular formula is C17H18N4O3. The Kier molecular flexibility index (Phi) is 3.86. The molecule has 24 heavy (non-hydrogen) atoms. The highest BCUT2D eigenvalue weighted by atomic mass is 16.5. The molecule has 0 aromatic carbocycles. The van der Waals surface area contributed by atoms with Crippen LogP contribution in [0.15, 0.2) is 43.1 Å². The molecule has 0 saturated carbocycles. The number of carbonyl (C=O) groups is 1. The molecule has 7 nitrogen and oxygen atoms in total. The summed E-state index contributed by atoms with van der Waals surface area (Å²) >= 11 is 0. The Morgan fingerprint density at radius 1 is 1.33 bits per heavy atom. The predicted octanol–water partition coefficient (Wildman–Crippen LogP) is 1.18. The van der Waals surface area contributed by atoms with Crippen molar-refractivity contribution in [2.24, 2.45) is 5.92 Å². The molecule has 1 atom stereocenters. The van der Waals surface area contributed by atoms with Gasteiger partial charge in [-0.1, -0.05) is 0 Å².